The van der Waals surface area contributed by atoms with E-state index in [1.807, 2.05) is 37.3 Å². The third-order valence-corrected chi connectivity index (χ3v) is 3.90. The van der Waals surface area contributed by atoms with E-state index in [1.54, 1.807) is 0 Å². The van der Waals surface area contributed by atoms with Gasteiger partial charge in [0.1, 0.15) is 0 Å². The fourth-order valence-electron chi connectivity index (χ4n) is 2.41. The van der Waals surface area contributed by atoms with Crippen LogP contribution in [0.3, 0.4) is 0 Å². The highest BCUT2D eigenvalue weighted by Crippen LogP contribution is 2.35. The Labute approximate surface area is 118 Å². The van der Waals surface area contributed by atoms with Crippen LogP contribution in [0.1, 0.15) is 42.0 Å². The summed E-state index contributed by atoms with van der Waals surface area (Å²) < 4.78 is 0. The van der Waals surface area contributed by atoms with Crippen molar-refractivity contribution >= 4 is 11.7 Å². The minimum atomic E-state index is -0.0273. The summed E-state index contributed by atoms with van der Waals surface area (Å²) in [7, 11) is 0. The van der Waals surface area contributed by atoms with Gasteiger partial charge in [0, 0.05) is 17.7 Å². The van der Waals surface area contributed by atoms with E-state index in [2.05, 4.69) is 15.5 Å². The van der Waals surface area contributed by atoms with Gasteiger partial charge in [-0.15, -0.1) is 0 Å². The summed E-state index contributed by atoms with van der Waals surface area (Å²) in [6.07, 6.45) is 4.11. The van der Waals surface area contributed by atoms with Gasteiger partial charge in [0.05, 0.1) is 6.42 Å². The maximum atomic E-state index is 12.0. The molecule has 1 aliphatic rings. The van der Waals surface area contributed by atoms with E-state index < -0.39 is 0 Å². The molecule has 3 rings (SSSR count). The van der Waals surface area contributed by atoms with E-state index >= 15 is 0 Å². The van der Waals surface area contributed by atoms with E-state index in [0.717, 1.165) is 11.3 Å². The van der Waals surface area contributed by atoms with Crippen molar-refractivity contribution in [2.45, 2.75) is 38.5 Å². The van der Waals surface area contributed by atoms with Gasteiger partial charge in [-0.25, -0.2) is 0 Å². The van der Waals surface area contributed by atoms with Gasteiger partial charge < -0.3 is 5.32 Å². The number of amides is 1. The maximum Gasteiger partial charge on any atom is 0.229 e. The summed E-state index contributed by atoms with van der Waals surface area (Å²) in [5.74, 6) is 1.20. The van der Waals surface area contributed by atoms with Crippen molar-refractivity contribution in [2.24, 2.45) is 0 Å². The summed E-state index contributed by atoms with van der Waals surface area (Å²) in [5.41, 5.74) is 3.36. The Morgan fingerprint density at radius 2 is 2.10 bits per heavy atom. The number of aromatic nitrogens is 2. The van der Waals surface area contributed by atoms with Gasteiger partial charge in [-0.05, 0) is 25.3 Å². The van der Waals surface area contributed by atoms with E-state index in [1.165, 1.54) is 24.8 Å². The van der Waals surface area contributed by atoms with Crippen molar-refractivity contribution < 1.29 is 4.79 Å². The van der Waals surface area contributed by atoms with Crippen LogP contribution in [0, 0.1) is 6.92 Å². The molecule has 4 heteroatoms. The van der Waals surface area contributed by atoms with Crippen LogP contribution in [-0.4, -0.2) is 16.1 Å². The molecule has 0 radical (unpaired) electrons. The fraction of sp³-hybridized carbons (Fsp3) is 0.375. The summed E-state index contributed by atoms with van der Waals surface area (Å²) in [5, 5.41) is 10.0. The quantitative estimate of drug-likeness (QED) is 0.895. The lowest BCUT2D eigenvalue weighted by molar-refractivity contribution is -0.115. The number of benzene rings is 1. The molecule has 0 aliphatic heterocycles. The molecule has 1 aromatic carbocycles. The molecular formula is C16H19N3O. The number of nitrogens with zero attached hydrogens (tertiary/aromatic N) is 1. The number of hydrogen-bond acceptors (Lipinski definition) is 2. The number of hydrogen-bond donors (Lipinski definition) is 2. The van der Waals surface area contributed by atoms with Gasteiger partial charge in [0.15, 0.2) is 5.82 Å². The highest BCUT2D eigenvalue weighted by atomic mass is 16.1. The van der Waals surface area contributed by atoms with Crippen LogP contribution in [0.4, 0.5) is 5.82 Å². The zero-order valence-electron chi connectivity index (χ0n) is 11.6. The molecule has 104 valence electrons. The smallest absolute Gasteiger partial charge is 0.229 e. The number of anilines is 1. The largest absolute Gasteiger partial charge is 0.309 e. The zero-order valence-corrected chi connectivity index (χ0v) is 11.6. The Morgan fingerprint density at radius 3 is 2.75 bits per heavy atom. The Kier molecular flexibility index (Phi) is 3.54. The molecule has 1 amide bonds. The predicted octanol–water partition coefficient (Wildman–Crippen LogP) is 3.17. The molecule has 0 spiro atoms. The number of aromatic amines is 1. The van der Waals surface area contributed by atoms with Crippen molar-refractivity contribution in [1.29, 1.82) is 0 Å². The number of rotatable bonds is 4. The lowest BCUT2D eigenvalue weighted by Gasteiger charge is -2.23. The van der Waals surface area contributed by atoms with Gasteiger partial charge in [0.2, 0.25) is 5.91 Å². The third-order valence-electron chi connectivity index (χ3n) is 3.90. The first-order valence-corrected chi connectivity index (χ1v) is 7.11. The average Bonchev–Trinajstić information content (AvgIpc) is 2.78. The molecule has 1 fully saturated rings. The topological polar surface area (TPSA) is 57.8 Å². The molecule has 2 N–H and O–H groups in total. The number of nitrogens with one attached hydrogen (secondary N) is 2. The number of carbonyl (C=O) groups excluding carboxylic acids is 1. The molecule has 20 heavy (non-hydrogen) atoms. The van der Waals surface area contributed by atoms with Crippen LogP contribution in [0.25, 0.3) is 0 Å². The first-order valence-electron chi connectivity index (χ1n) is 7.11. The van der Waals surface area contributed by atoms with Gasteiger partial charge in [-0.2, -0.15) is 5.10 Å². The van der Waals surface area contributed by atoms with Crippen LogP contribution in [0.2, 0.25) is 0 Å². The summed E-state index contributed by atoms with van der Waals surface area (Å²) in [4.78, 5) is 12.0. The molecule has 1 heterocycles. The van der Waals surface area contributed by atoms with Crippen LogP contribution >= 0.6 is 0 Å². The van der Waals surface area contributed by atoms with E-state index in [9.17, 15) is 4.79 Å². The molecule has 2 aromatic rings. The van der Waals surface area contributed by atoms with Crippen LogP contribution in [0.5, 0.6) is 0 Å². The lowest BCUT2D eigenvalue weighted by atomic mass is 9.83. The normalized spacial score (nSPS) is 14.8. The van der Waals surface area contributed by atoms with Crippen molar-refractivity contribution in [3.8, 4) is 0 Å². The monoisotopic (exact) mass is 269 g/mol. The van der Waals surface area contributed by atoms with Crippen molar-refractivity contribution in [3.05, 3.63) is 47.2 Å². The maximum absolute atomic E-state index is 12.0. The van der Waals surface area contributed by atoms with Crippen molar-refractivity contribution in [1.82, 2.24) is 10.2 Å². The highest BCUT2D eigenvalue weighted by molar-refractivity contribution is 5.91. The predicted molar refractivity (Wildman–Crippen MR) is 78.7 cm³/mol. The third kappa shape index (κ3) is 2.90. The summed E-state index contributed by atoms with van der Waals surface area (Å²) in [6.45, 7) is 2.04. The van der Waals surface area contributed by atoms with Crippen LogP contribution < -0.4 is 5.32 Å². The first-order chi connectivity index (χ1) is 9.70. The summed E-state index contributed by atoms with van der Waals surface area (Å²) >= 11 is 0. The van der Waals surface area contributed by atoms with Crippen LogP contribution in [0.15, 0.2) is 30.3 Å². The van der Waals surface area contributed by atoms with E-state index in [4.69, 9.17) is 0 Å². The van der Waals surface area contributed by atoms with Gasteiger partial charge >= 0.3 is 0 Å². The SMILES string of the molecule is Cc1ccc(CC(=O)Nc2cc(C3CCC3)[nH]n2)cc1. The first kappa shape index (κ1) is 12.9. The highest BCUT2D eigenvalue weighted by Gasteiger charge is 2.21. The standard InChI is InChI=1S/C16H19N3O/c1-11-5-7-12(8-6-11)9-16(20)17-15-10-14(18-19-15)13-3-2-4-13/h5-8,10,13H,2-4,9H2,1H3,(H2,17,18,19,20). The van der Waals surface area contributed by atoms with Gasteiger partial charge in [-0.1, -0.05) is 36.2 Å². The van der Waals surface area contributed by atoms with E-state index in [-0.39, 0.29) is 5.91 Å². The molecular weight excluding hydrogens is 250 g/mol. The number of aryl methyl sites for hydroxylation is 1. The van der Waals surface area contributed by atoms with Crippen LogP contribution in [-0.2, 0) is 11.2 Å². The van der Waals surface area contributed by atoms with E-state index in [0.29, 0.717) is 18.2 Å². The average molecular weight is 269 g/mol. The second kappa shape index (κ2) is 5.49. The number of H-pyrrole nitrogens is 1. The minimum Gasteiger partial charge on any atom is -0.309 e. The minimum absolute atomic E-state index is 0.0273. The zero-order chi connectivity index (χ0) is 13.9. The lowest BCUT2D eigenvalue weighted by Crippen LogP contribution is -2.14. The molecule has 0 saturated heterocycles. The molecule has 1 saturated carbocycles. The number of carbonyl (C=O) groups is 1. The van der Waals surface area contributed by atoms with Gasteiger partial charge in [-0.3, -0.25) is 9.89 Å². The molecule has 0 unspecified atom stereocenters. The molecule has 1 aromatic heterocycles. The second-order valence-electron chi connectivity index (χ2n) is 5.55. The second-order valence-corrected chi connectivity index (χ2v) is 5.55. The fourth-order valence-corrected chi connectivity index (χ4v) is 2.41. The Hall–Kier alpha value is -2.10. The summed E-state index contributed by atoms with van der Waals surface area (Å²) in [6, 6.07) is 9.97. The molecule has 1 aliphatic carbocycles. The van der Waals surface area contributed by atoms with Crippen molar-refractivity contribution in [2.75, 3.05) is 5.32 Å². The van der Waals surface area contributed by atoms with Crippen molar-refractivity contribution in [3.63, 3.8) is 0 Å². The molecule has 4 nitrogen and oxygen atoms in total. The van der Waals surface area contributed by atoms with Gasteiger partial charge in [0.25, 0.3) is 0 Å². The Bertz CT molecular complexity index is 596. The molecule has 0 atom stereocenters. The molecule has 0 bridgehead atoms. The Balaban J connectivity index is 1.58. The Morgan fingerprint density at radius 1 is 1.35 bits per heavy atom.